The fraction of sp³-hybridized carbons (Fsp3) is 0.357. The summed E-state index contributed by atoms with van der Waals surface area (Å²) in [6.45, 7) is 4.03. The Morgan fingerprint density at radius 3 is 2.75 bits per heavy atom. The molecule has 0 bridgehead atoms. The highest BCUT2D eigenvalue weighted by Gasteiger charge is 2.09. The predicted molar refractivity (Wildman–Crippen MR) is 73.4 cm³/mol. The van der Waals surface area contributed by atoms with E-state index < -0.39 is 0 Å². The van der Waals surface area contributed by atoms with Crippen LogP contribution < -0.4 is 10.1 Å². The molecule has 0 aliphatic heterocycles. The lowest BCUT2D eigenvalue weighted by molar-refractivity contribution is -0.121. The van der Waals surface area contributed by atoms with E-state index in [1.807, 2.05) is 25.1 Å². The Hall–Kier alpha value is -2.37. The third-order valence-electron chi connectivity index (χ3n) is 2.81. The molecule has 0 aliphatic rings. The van der Waals surface area contributed by atoms with Crippen molar-refractivity contribution in [3.8, 4) is 17.2 Å². The quantitative estimate of drug-likeness (QED) is 0.901. The topological polar surface area (TPSA) is 77.2 Å². The molecule has 20 heavy (non-hydrogen) atoms. The monoisotopic (exact) mass is 275 g/mol. The number of benzene rings is 1. The van der Waals surface area contributed by atoms with Crippen molar-refractivity contribution >= 4 is 5.91 Å². The number of carbonyl (C=O) groups excluding carboxylic acids is 1. The first kappa shape index (κ1) is 14.0. The fourth-order valence-electron chi connectivity index (χ4n) is 1.74. The van der Waals surface area contributed by atoms with Crippen LogP contribution in [0.2, 0.25) is 0 Å². The average Bonchev–Trinajstić information content (AvgIpc) is 2.87. The summed E-state index contributed by atoms with van der Waals surface area (Å²) in [5, 5.41) is 10.3. The molecule has 106 valence electrons. The van der Waals surface area contributed by atoms with Gasteiger partial charge in [-0.15, -0.1) is 10.2 Å². The fourth-order valence-corrected chi connectivity index (χ4v) is 1.74. The molecule has 0 fully saturated rings. The number of rotatable bonds is 5. The predicted octanol–water partition coefficient (Wildman–Crippen LogP) is 1.87. The van der Waals surface area contributed by atoms with E-state index in [9.17, 15) is 4.79 Å². The number of hydrogen-bond donors (Lipinski definition) is 1. The molecule has 1 amide bonds. The number of amides is 1. The number of nitrogens with zero attached hydrogens (tertiary/aromatic N) is 2. The molecule has 6 heteroatoms. The second kappa shape index (κ2) is 6.18. The molecule has 1 heterocycles. The number of ether oxygens (including phenoxy) is 1. The van der Waals surface area contributed by atoms with Crippen LogP contribution in [0.15, 0.2) is 22.6 Å². The van der Waals surface area contributed by atoms with Gasteiger partial charge in [-0.3, -0.25) is 4.79 Å². The zero-order valence-electron chi connectivity index (χ0n) is 11.8. The number of aryl methyl sites for hydroxylation is 2. The first-order valence-electron chi connectivity index (χ1n) is 6.34. The lowest BCUT2D eigenvalue weighted by atomic mass is 10.1. The molecule has 2 rings (SSSR count). The first-order valence-corrected chi connectivity index (χ1v) is 6.34. The van der Waals surface area contributed by atoms with Gasteiger partial charge in [-0.1, -0.05) is 0 Å². The van der Waals surface area contributed by atoms with Gasteiger partial charge < -0.3 is 14.5 Å². The second-order valence-electron chi connectivity index (χ2n) is 4.38. The van der Waals surface area contributed by atoms with Crippen LogP contribution >= 0.6 is 0 Å². The largest absolute Gasteiger partial charge is 0.493 e. The minimum Gasteiger partial charge on any atom is -0.493 e. The Morgan fingerprint density at radius 1 is 1.35 bits per heavy atom. The van der Waals surface area contributed by atoms with E-state index in [0.29, 0.717) is 24.8 Å². The average molecular weight is 275 g/mol. The van der Waals surface area contributed by atoms with Gasteiger partial charge in [0.15, 0.2) is 0 Å². The maximum Gasteiger partial charge on any atom is 0.247 e. The summed E-state index contributed by atoms with van der Waals surface area (Å²) >= 11 is 0. The molecule has 0 spiro atoms. The summed E-state index contributed by atoms with van der Waals surface area (Å²) in [7, 11) is 1.61. The summed E-state index contributed by atoms with van der Waals surface area (Å²) in [5.74, 6) is 1.72. The molecule has 2 aromatic rings. The van der Waals surface area contributed by atoms with Crippen molar-refractivity contribution in [2.45, 2.75) is 20.3 Å². The lowest BCUT2D eigenvalue weighted by Crippen LogP contribution is -2.20. The summed E-state index contributed by atoms with van der Waals surface area (Å²) in [5.41, 5.74) is 1.80. The van der Waals surface area contributed by atoms with E-state index in [4.69, 9.17) is 9.15 Å². The highest BCUT2D eigenvalue weighted by atomic mass is 16.5. The van der Waals surface area contributed by atoms with Crippen molar-refractivity contribution < 1.29 is 13.9 Å². The van der Waals surface area contributed by atoms with Gasteiger partial charge in [0.05, 0.1) is 13.0 Å². The van der Waals surface area contributed by atoms with Gasteiger partial charge in [-0.2, -0.15) is 0 Å². The molecule has 0 radical (unpaired) electrons. The van der Waals surface area contributed by atoms with Gasteiger partial charge >= 0.3 is 0 Å². The molecule has 0 unspecified atom stereocenters. The van der Waals surface area contributed by atoms with E-state index in [1.165, 1.54) is 0 Å². The molecule has 0 atom stereocenters. The Kier molecular flexibility index (Phi) is 4.34. The number of aromatic nitrogens is 2. The van der Waals surface area contributed by atoms with Crippen LogP contribution in [0.5, 0.6) is 5.75 Å². The lowest BCUT2D eigenvalue weighted by Gasteiger charge is -2.09. The highest BCUT2D eigenvalue weighted by molar-refractivity contribution is 5.75. The van der Waals surface area contributed by atoms with Gasteiger partial charge in [-0.05, 0) is 30.7 Å². The maximum atomic E-state index is 11.1. The molecular formula is C14H17N3O3. The normalized spacial score (nSPS) is 10.3. The van der Waals surface area contributed by atoms with E-state index in [2.05, 4.69) is 15.5 Å². The second-order valence-corrected chi connectivity index (χ2v) is 4.38. The van der Waals surface area contributed by atoms with Gasteiger partial charge in [-0.25, -0.2) is 0 Å². The summed E-state index contributed by atoms with van der Waals surface area (Å²) in [6, 6.07) is 5.62. The molecular weight excluding hydrogens is 258 g/mol. The summed E-state index contributed by atoms with van der Waals surface area (Å²) in [6.07, 6.45) is 0.334. The minimum atomic E-state index is -0.0411. The Bertz CT molecular complexity index is 607. The van der Waals surface area contributed by atoms with Crippen molar-refractivity contribution in [3.05, 3.63) is 29.7 Å². The van der Waals surface area contributed by atoms with Crippen LogP contribution in [0.25, 0.3) is 11.5 Å². The van der Waals surface area contributed by atoms with Crippen LogP contribution in [0.4, 0.5) is 0 Å². The molecule has 0 saturated carbocycles. The Morgan fingerprint density at radius 2 is 2.15 bits per heavy atom. The van der Waals surface area contributed by atoms with E-state index in [1.54, 1.807) is 14.0 Å². The zero-order chi connectivity index (χ0) is 14.5. The van der Waals surface area contributed by atoms with Crippen LogP contribution in [-0.2, 0) is 4.79 Å². The van der Waals surface area contributed by atoms with E-state index >= 15 is 0 Å². The van der Waals surface area contributed by atoms with Crippen LogP contribution in [0.3, 0.4) is 0 Å². The number of carbonyl (C=O) groups is 1. The molecule has 1 aromatic heterocycles. The number of nitrogens with one attached hydrogen (secondary N) is 1. The van der Waals surface area contributed by atoms with Crippen LogP contribution in [0, 0.1) is 13.8 Å². The third-order valence-corrected chi connectivity index (χ3v) is 2.81. The van der Waals surface area contributed by atoms with Crippen molar-refractivity contribution in [1.82, 2.24) is 15.5 Å². The summed E-state index contributed by atoms with van der Waals surface area (Å²) < 4.78 is 11.0. The first-order chi connectivity index (χ1) is 9.60. The van der Waals surface area contributed by atoms with Crippen molar-refractivity contribution in [2.24, 2.45) is 0 Å². The standard InChI is InChI=1S/C14H17N3O3/c1-9-8-11(14-17-16-10(2)20-14)4-5-12(9)19-7-6-13(18)15-3/h4-5,8H,6-7H2,1-3H3,(H,15,18). The SMILES string of the molecule is CNC(=O)CCOc1ccc(-c2nnc(C)o2)cc1C. The number of hydrogen-bond acceptors (Lipinski definition) is 5. The van der Waals surface area contributed by atoms with Gasteiger partial charge in [0.25, 0.3) is 0 Å². The van der Waals surface area contributed by atoms with Gasteiger partial charge in [0.2, 0.25) is 17.7 Å². The van der Waals surface area contributed by atoms with Crippen LogP contribution in [0.1, 0.15) is 17.9 Å². The Labute approximate surface area is 117 Å². The van der Waals surface area contributed by atoms with Gasteiger partial charge in [0.1, 0.15) is 5.75 Å². The molecule has 1 N–H and O–H groups in total. The van der Waals surface area contributed by atoms with E-state index in [0.717, 1.165) is 16.9 Å². The third kappa shape index (κ3) is 3.34. The van der Waals surface area contributed by atoms with Crippen molar-refractivity contribution in [3.63, 3.8) is 0 Å². The van der Waals surface area contributed by atoms with Crippen molar-refractivity contribution in [2.75, 3.05) is 13.7 Å². The van der Waals surface area contributed by atoms with Crippen molar-refractivity contribution in [1.29, 1.82) is 0 Å². The minimum absolute atomic E-state index is 0.0411. The van der Waals surface area contributed by atoms with E-state index in [-0.39, 0.29) is 5.91 Å². The molecule has 6 nitrogen and oxygen atoms in total. The molecule has 1 aromatic carbocycles. The molecule has 0 aliphatic carbocycles. The smallest absolute Gasteiger partial charge is 0.247 e. The Balaban J connectivity index is 2.04. The van der Waals surface area contributed by atoms with Crippen LogP contribution in [-0.4, -0.2) is 29.8 Å². The summed E-state index contributed by atoms with van der Waals surface area (Å²) in [4.78, 5) is 11.1. The van der Waals surface area contributed by atoms with Gasteiger partial charge in [0, 0.05) is 19.5 Å². The zero-order valence-corrected chi connectivity index (χ0v) is 11.8. The molecule has 0 saturated heterocycles. The maximum absolute atomic E-state index is 11.1. The highest BCUT2D eigenvalue weighted by Crippen LogP contribution is 2.25.